The van der Waals surface area contributed by atoms with E-state index in [2.05, 4.69) is 25.7 Å². The summed E-state index contributed by atoms with van der Waals surface area (Å²) < 4.78 is 16.5. The standard InChI is InChI=1S/C18H29NO4/c1-18(2,3)16-11-15(21-4)5-6-17(16)23-13-14(20)12-19-7-9-22-10-8-19/h5-6,11,14,20H,7-10,12-13H2,1-4H3/t14-/m0/s1. The Kier molecular flexibility index (Phi) is 6.27. The number of benzene rings is 1. The van der Waals surface area contributed by atoms with Crippen molar-refractivity contribution in [3.05, 3.63) is 23.8 Å². The van der Waals surface area contributed by atoms with Crippen LogP contribution in [0.15, 0.2) is 18.2 Å². The lowest BCUT2D eigenvalue weighted by molar-refractivity contribution is 0.00449. The van der Waals surface area contributed by atoms with E-state index in [4.69, 9.17) is 14.2 Å². The predicted molar refractivity (Wildman–Crippen MR) is 90.5 cm³/mol. The summed E-state index contributed by atoms with van der Waals surface area (Å²) in [5.74, 6) is 1.62. The van der Waals surface area contributed by atoms with Gasteiger partial charge in [0.25, 0.3) is 0 Å². The first-order valence-electron chi connectivity index (χ1n) is 8.19. The Hall–Kier alpha value is -1.30. The van der Waals surface area contributed by atoms with Crippen LogP contribution in [0.25, 0.3) is 0 Å². The van der Waals surface area contributed by atoms with Crippen LogP contribution < -0.4 is 9.47 Å². The van der Waals surface area contributed by atoms with E-state index < -0.39 is 6.10 Å². The first-order valence-corrected chi connectivity index (χ1v) is 8.19. The molecule has 0 saturated carbocycles. The van der Waals surface area contributed by atoms with E-state index in [1.165, 1.54) is 0 Å². The quantitative estimate of drug-likeness (QED) is 0.868. The fraction of sp³-hybridized carbons (Fsp3) is 0.667. The van der Waals surface area contributed by atoms with Crippen molar-refractivity contribution in [2.24, 2.45) is 0 Å². The molecule has 0 amide bonds. The maximum absolute atomic E-state index is 10.2. The topological polar surface area (TPSA) is 51.2 Å². The molecule has 0 aliphatic carbocycles. The smallest absolute Gasteiger partial charge is 0.123 e. The number of nitrogens with zero attached hydrogens (tertiary/aromatic N) is 1. The van der Waals surface area contributed by atoms with Gasteiger partial charge in [-0.3, -0.25) is 4.90 Å². The molecule has 5 heteroatoms. The molecular weight excluding hydrogens is 294 g/mol. The van der Waals surface area contributed by atoms with Crippen molar-refractivity contribution < 1.29 is 19.3 Å². The lowest BCUT2D eigenvalue weighted by Crippen LogP contribution is -2.42. The summed E-state index contributed by atoms with van der Waals surface area (Å²) in [6.45, 7) is 10.5. The molecule has 1 aromatic rings. The zero-order chi connectivity index (χ0) is 16.9. The average molecular weight is 323 g/mol. The Labute approximate surface area is 139 Å². The van der Waals surface area contributed by atoms with E-state index in [1.807, 2.05) is 18.2 Å². The summed E-state index contributed by atoms with van der Waals surface area (Å²) in [7, 11) is 1.66. The predicted octanol–water partition coefficient (Wildman–Crippen LogP) is 2.06. The average Bonchev–Trinajstić information content (AvgIpc) is 2.53. The van der Waals surface area contributed by atoms with E-state index in [1.54, 1.807) is 7.11 Å². The Bertz CT molecular complexity index is 492. The lowest BCUT2D eigenvalue weighted by Gasteiger charge is -2.29. The summed E-state index contributed by atoms with van der Waals surface area (Å²) >= 11 is 0. The van der Waals surface area contributed by atoms with Gasteiger partial charge in [0.15, 0.2) is 0 Å². The van der Waals surface area contributed by atoms with Crippen LogP contribution in [0.3, 0.4) is 0 Å². The Morgan fingerprint density at radius 2 is 1.96 bits per heavy atom. The van der Waals surface area contributed by atoms with Crippen molar-refractivity contribution in [1.29, 1.82) is 0 Å². The highest BCUT2D eigenvalue weighted by atomic mass is 16.5. The summed E-state index contributed by atoms with van der Waals surface area (Å²) in [5, 5.41) is 10.2. The van der Waals surface area contributed by atoms with Crippen molar-refractivity contribution >= 4 is 0 Å². The van der Waals surface area contributed by atoms with E-state index in [9.17, 15) is 5.11 Å². The first kappa shape index (κ1) is 18.0. The summed E-state index contributed by atoms with van der Waals surface area (Å²) in [6.07, 6.45) is -0.511. The highest BCUT2D eigenvalue weighted by Crippen LogP contribution is 2.34. The van der Waals surface area contributed by atoms with Crippen LogP contribution in [-0.4, -0.2) is 62.7 Å². The van der Waals surface area contributed by atoms with Crippen molar-refractivity contribution in [2.75, 3.05) is 46.6 Å². The number of morpholine rings is 1. The molecule has 0 unspecified atom stereocenters. The van der Waals surface area contributed by atoms with Gasteiger partial charge in [0.05, 0.1) is 20.3 Å². The number of aliphatic hydroxyl groups excluding tert-OH is 1. The zero-order valence-electron chi connectivity index (χ0n) is 14.7. The lowest BCUT2D eigenvalue weighted by atomic mass is 9.86. The minimum atomic E-state index is -0.511. The highest BCUT2D eigenvalue weighted by Gasteiger charge is 2.21. The SMILES string of the molecule is COc1ccc(OC[C@@H](O)CN2CCOCC2)c(C(C)(C)C)c1. The number of hydrogen-bond acceptors (Lipinski definition) is 5. The van der Waals surface area contributed by atoms with Gasteiger partial charge in [0, 0.05) is 25.2 Å². The number of ether oxygens (including phenoxy) is 3. The van der Waals surface area contributed by atoms with Crippen molar-refractivity contribution in [1.82, 2.24) is 4.90 Å². The van der Waals surface area contributed by atoms with Gasteiger partial charge < -0.3 is 19.3 Å². The van der Waals surface area contributed by atoms with Crippen molar-refractivity contribution in [3.63, 3.8) is 0 Å². The molecule has 2 rings (SSSR count). The molecule has 0 spiro atoms. The molecule has 1 aromatic carbocycles. The molecule has 5 nitrogen and oxygen atoms in total. The van der Waals surface area contributed by atoms with Gasteiger partial charge in [-0.25, -0.2) is 0 Å². The third-order valence-corrected chi connectivity index (χ3v) is 4.00. The van der Waals surface area contributed by atoms with Crippen LogP contribution in [0.5, 0.6) is 11.5 Å². The minimum absolute atomic E-state index is 0.0565. The fourth-order valence-corrected chi connectivity index (χ4v) is 2.67. The van der Waals surface area contributed by atoms with Gasteiger partial charge in [0.2, 0.25) is 0 Å². The summed E-state index contributed by atoms with van der Waals surface area (Å²) in [6, 6.07) is 5.81. The van der Waals surface area contributed by atoms with Crippen molar-refractivity contribution in [3.8, 4) is 11.5 Å². The normalized spacial score (nSPS) is 17.8. The van der Waals surface area contributed by atoms with Gasteiger partial charge in [-0.05, 0) is 23.6 Å². The molecule has 1 N–H and O–H groups in total. The summed E-state index contributed by atoms with van der Waals surface area (Å²) in [5.41, 5.74) is 1.02. The van der Waals surface area contributed by atoms with Gasteiger partial charge in [-0.2, -0.15) is 0 Å². The third kappa shape index (κ3) is 5.37. The van der Waals surface area contributed by atoms with Gasteiger partial charge in [-0.15, -0.1) is 0 Å². The number of aliphatic hydroxyl groups is 1. The van der Waals surface area contributed by atoms with Crippen LogP contribution in [0.2, 0.25) is 0 Å². The zero-order valence-corrected chi connectivity index (χ0v) is 14.7. The second kappa shape index (κ2) is 7.99. The van der Waals surface area contributed by atoms with Crippen LogP contribution in [-0.2, 0) is 10.2 Å². The molecule has 0 bridgehead atoms. The Balaban J connectivity index is 1.96. The van der Waals surface area contributed by atoms with E-state index in [-0.39, 0.29) is 12.0 Å². The Morgan fingerprint density at radius 3 is 2.57 bits per heavy atom. The van der Waals surface area contributed by atoms with E-state index >= 15 is 0 Å². The monoisotopic (exact) mass is 323 g/mol. The maximum atomic E-state index is 10.2. The van der Waals surface area contributed by atoms with Crippen LogP contribution in [0.4, 0.5) is 0 Å². The molecule has 1 aliphatic heterocycles. The third-order valence-electron chi connectivity index (χ3n) is 4.00. The van der Waals surface area contributed by atoms with Crippen molar-refractivity contribution in [2.45, 2.75) is 32.3 Å². The fourth-order valence-electron chi connectivity index (χ4n) is 2.67. The van der Waals surface area contributed by atoms with Gasteiger partial charge in [-0.1, -0.05) is 20.8 Å². The number of methoxy groups -OCH3 is 1. The van der Waals surface area contributed by atoms with Gasteiger partial charge in [0.1, 0.15) is 24.2 Å². The number of rotatable bonds is 6. The van der Waals surface area contributed by atoms with E-state index in [0.29, 0.717) is 6.54 Å². The Morgan fingerprint density at radius 1 is 1.26 bits per heavy atom. The first-order chi connectivity index (χ1) is 10.9. The second-order valence-corrected chi connectivity index (χ2v) is 6.99. The molecule has 0 radical (unpaired) electrons. The molecule has 130 valence electrons. The van der Waals surface area contributed by atoms with Crippen LogP contribution in [0, 0.1) is 0 Å². The van der Waals surface area contributed by atoms with Crippen LogP contribution in [0.1, 0.15) is 26.3 Å². The van der Waals surface area contributed by atoms with Crippen LogP contribution >= 0.6 is 0 Å². The number of hydrogen-bond donors (Lipinski definition) is 1. The molecule has 23 heavy (non-hydrogen) atoms. The maximum Gasteiger partial charge on any atom is 0.123 e. The molecular formula is C18H29NO4. The second-order valence-electron chi connectivity index (χ2n) is 6.99. The molecule has 1 saturated heterocycles. The molecule has 1 heterocycles. The van der Waals surface area contributed by atoms with Gasteiger partial charge >= 0.3 is 0 Å². The molecule has 1 fully saturated rings. The largest absolute Gasteiger partial charge is 0.497 e. The minimum Gasteiger partial charge on any atom is -0.497 e. The number of β-amino-alcohol motifs (C(OH)–C–C–N with tert-alkyl or cyclic N) is 1. The molecule has 0 aromatic heterocycles. The molecule has 1 aliphatic rings. The van der Waals surface area contributed by atoms with E-state index in [0.717, 1.165) is 43.4 Å². The molecule has 1 atom stereocenters. The summed E-state index contributed by atoms with van der Waals surface area (Å²) in [4.78, 5) is 2.20. The highest BCUT2D eigenvalue weighted by molar-refractivity contribution is 5.44.